The maximum absolute atomic E-state index is 11.9. The average Bonchev–Trinajstić information content (AvgIpc) is 2.71. The van der Waals surface area contributed by atoms with Crippen LogP contribution in [0.25, 0.3) is 16.5 Å². The number of hydrogen-bond acceptors (Lipinski definition) is 4. The van der Waals surface area contributed by atoms with E-state index in [4.69, 9.17) is 5.73 Å². The lowest BCUT2D eigenvalue weighted by Gasteiger charge is -2.02. The molecule has 2 heterocycles. The highest BCUT2D eigenvalue weighted by Crippen LogP contribution is 2.13. The van der Waals surface area contributed by atoms with Gasteiger partial charge < -0.3 is 10.7 Å². The maximum Gasteiger partial charge on any atom is 0.259 e. The third kappa shape index (κ3) is 2.73. The van der Waals surface area contributed by atoms with E-state index in [-0.39, 0.29) is 11.6 Å². The number of nitrogens with zero attached hydrogens (tertiary/aromatic N) is 3. The van der Waals surface area contributed by atoms with Crippen molar-refractivity contribution >= 4 is 22.7 Å². The number of nitrogens with two attached hydrogens (primary N) is 1. The number of hydrogen-bond donors (Lipinski definition) is 2. The van der Waals surface area contributed by atoms with Crippen molar-refractivity contribution in [2.45, 2.75) is 19.9 Å². The predicted octanol–water partition coefficient (Wildman–Crippen LogP) is 1.04. The van der Waals surface area contributed by atoms with Crippen LogP contribution in [-0.2, 0) is 7.05 Å². The molecule has 0 fully saturated rings. The van der Waals surface area contributed by atoms with Crippen LogP contribution in [0.1, 0.15) is 19.5 Å². The van der Waals surface area contributed by atoms with Crippen molar-refractivity contribution in [2.75, 3.05) is 0 Å². The summed E-state index contributed by atoms with van der Waals surface area (Å²) in [6.07, 6.45) is 4.77. The Kier molecular flexibility index (Phi) is 3.50. The Balaban J connectivity index is 2.53. The summed E-state index contributed by atoms with van der Waals surface area (Å²) in [6, 6.07) is 1.96. The van der Waals surface area contributed by atoms with Crippen molar-refractivity contribution in [1.29, 1.82) is 0 Å². The number of aryl methyl sites for hydroxylation is 1. The summed E-state index contributed by atoms with van der Waals surface area (Å²) < 4.78 is 1.61. The first kappa shape index (κ1) is 13.1. The summed E-state index contributed by atoms with van der Waals surface area (Å²) in [6.45, 7) is 3.94. The fourth-order valence-electron chi connectivity index (χ4n) is 1.74. The van der Waals surface area contributed by atoms with Crippen LogP contribution in [0.15, 0.2) is 28.3 Å². The number of rotatable bonds is 3. The molecule has 0 aliphatic rings. The van der Waals surface area contributed by atoms with Crippen molar-refractivity contribution in [2.24, 2.45) is 17.8 Å². The molecule has 0 aromatic carbocycles. The summed E-state index contributed by atoms with van der Waals surface area (Å²) in [5.74, 6) is 0. The smallest absolute Gasteiger partial charge is 0.259 e. The molecule has 0 saturated heterocycles. The Hall–Kier alpha value is -2.37. The normalized spacial score (nSPS) is 12.9. The molecule has 0 atom stereocenters. The molecule has 6 heteroatoms. The van der Waals surface area contributed by atoms with Gasteiger partial charge in [0.1, 0.15) is 0 Å². The summed E-state index contributed by atoms with van der Waals surface area (Å²) >= 11 is 0. The minimum absolute atomic E-state index is 0.167. The number of aromatic amines is 1. The predicted molar refractivity (Wildman–Crippen MR) is 77.1 cm³/mol. The molecule has 0 amide bonds. The summed E-state index contributed by atoms with van der Waals surface area (Å²) in [7, 11) is 1.78. The van der Waals surface area contributed by atoms with Crippen LogP contribution < -0.4 is 11.3 Å². The molecule has 0 aliphatic carbocycles. The number of allylic oxidation sites excluding steroid dienone is 1. The highest BCUT2D eigenvalue weighted by molar-refractivity contribution is 6.09. The first-order valence-electron chi connectivity index (χ1n) is 6.03. The zero-order chi connectivity index (χ0) is 14.0. The molecule has 0 saturated carbocycles. The standard InChI is InChI=1S/C13H17N5O/c1-8(2)15-6-9(5-14)11-4-12-10(13(19)16-11)7-18(3)17-12/h4-8H,14H2,1-3H3,(H,16,19). The van der Waals surface area contributed by atoms with Crippen LogP contribution in [0.2, 0.25) is 0 Å². The first-order chi connectivity index (χ1) is 9.01. The van der Waals surface area contributed by atoms with E-state index in [2.05, 4.69) is 15.1 Å². The SMILES string of the molecule is CC(C)N=CC(=CN)c1cc2nn(C)cc2c(=O)[nH]1. The molecule has 19 heavy (non-hydrogen) atoms. The second-order valence-corrected chi connectivity index (χ2v) is 4.61. The highest BCUT2D eigenvalue weighted by Gasteiger charge is 2.07. The number of pyridine rings is 1. The second-order valence-electron chi connectivity index (χ2n) is 4.61. The second kappa shape index (κ2) is 5.09. The summed E-state index contributed by atoms with van der Waals surface area (Å²) in [5, 5.41) is 4.79. The molecule has 0 radical (unpaired) electrons. The van der Waals surface area contributed by atoms with E-state index in [9.17, 15) is 4.79 Å². The van der Waals surface area contributed by atoms with Crippen LogP contribution in [0.5, 0.6) is 0 Å². The topological polar surface area (TPSA) is 89.1 Å². The summed E-state index contributed by atoms with van der Waals surface area (Å²) in [5.41, 5.74) is 7.32. The number of aromatic nitrogens is 3. The van der Waals surface area contributed by atoms with Gasteiger partial charge in [-0.2, -0.15) is 5.10 Å². The van der Waals surface area contributed by atoms with Crippen LogP contribution in [-0.4, -0.2) is 27.0 Å². The van der Waals surface area contributed by atoms with Gasteiger partial charge in [0.15, 0.2) is 0 Å². The van der Waals surface area contributed by atoms with Gasteiger partial charge in [0.2, 0.25) is 0 Å². The molecule has 0 bridgehead atoms. The third-order valence-corrected chi connectivity index (χ3v) is 2.63. The van der Waals surface area contributed by atoms with Gasteiger partial charge in [-0.15, -0.1) is 0 Å². The van der Waals surface area contributed by atoms with Crippen molar-refractivity contribution in [3.8, 4) is 0 Å². The van der Waals surface area contributed by atoms with Crippen molar-refractivity contribution in [3.63, 3.8) is 0 Å². The molecule has 0 spiro atoms. The van der Waals surface area contributed by atoms with E-state index in [1.165, 1.54) is 6.20 Å². The van der Waals surface area contributed by atoms with Crippen molar-refractivity contribution in [3.05, 3.63) is 34.5 Å². The van der Waals surface area contributed by atoms with Crippen LogP contribution in [0.3, 0.4) is 0 Å². The Morgan fingerprint density at radius 1 is 1.58 bits per heavy atom. The van der Waals surface area contributed by atoms with Gasteiger partial charge in [-0.1, -0.05) is 0 Å². The zero-order valence-electron chi connectivity index (χ0n) is 11.2. The van der Waals surface area contributed by atoms with E-state index < -0.39 is 0 Å². The van der Waals surface area contributed by atoms with E-state index in [0.717, 1.165) is 0 Å². The number of aliphatic imine (C=N–C) groups is 1. The largest absolute Gasteiger partial charge is 0.404 e. The molecule has 2 rings (SSSR count). The molecular weight excluding hydrogens is 242 g/mol. The molecule has 100 valence electrons. The molecule has 6 nitrogen and oxygen atoms in total. The fraction of sp³-hybridized carbons (Fsp3) is 0.308. The van der Waals surface area contributed by atoms with Gasteiger partial charge >= 0.3 is 0 Å². The monoisotopic (exact) mass is 259 g/mol. The van der Waals surface area contributed by atoms with Crippen LogP contribution in [0.4, 0.5) is 0 Å². The Morgan fingerprint density at radius 3 is 2.95 bits per heavy atom. The van der Waals surface area contributed by atoms with E-state index in [1.54, 1.807) is 30.2 Å². The van der Waals surface area contributed by atoms with E-state index in [1.807, 2.05) is 13.8 Å². The Labute approximate surface area is 110 Å². The quantitative estimate of drug-likeness (QED) is 0.807. The van der Waals surface area contributed by atoms with E-state index >= 15 is 0 Å². The fourth-order valence-corrected chi connectivity index (χ4v) is 1.74. The lowest BCUT2D eigenvalue weighted by Crippen LogP contribution is -2.09. The van der Waals surface area contributed by atoms with Gasteiger partial charge in [0.25, 0.3) is 5.56 Å². The van der Waals surface area contributed by atoms with Crippen molar-refractivity contribution < 1.29 is 0 Å². The van der Waals surface area contributed by atoms with E-state index in [0.29, 0.717) is 22.2 Å². The minimum Gasteiger partial charge on any atom is -0.404 e. The van der Waals surface area contributed by atoms with Gasteiger partial charge in [-0.3, -0.25) is 14.5 Å². The molecule has 2 aromatic heterocycles. The lowest BCUT2D eigenvalue weighted by molar-refractivity contribution is 0.779. The molecule has 0 aliphatic heterocycles. The number of nitrogens with one attached hydrogen (secondary N) is 1. The Bertz CT molecular complexity index is 705. The maximum atomic E-state index is 11.9. The zero-order valence-corrected chi connectivity index (χ0v) is 11.2. The molecule has 3 N–H and O–H groups in total. The van der Waals surface area contributed by atoms with Gasteiger partial charge in [0.05, 0.1) is 16.6 Å². The van der Waals surface area contributed by atoms with Crippen LogP contribution in [0, 0.1) is 0 Å². The van der Waals surface area contributed by atoms with Crippen molar-refractivity contribution in [1.82, 2.24) is 14.8 Å². The van der Waals surface area contributed by atoms with Gasteiger partial charge in [0, 0.05) is 37.3 Å². The molecular formula is C13H17N5O. The highest BCUT2D eigenvalue weighted by atomic mass is 16.1. The lowest BCUT2D eigenvalue weighted by atomic mass is 10.2. The van der Waals surface area contributed by atoms with Gasteiger partial charge in [-0.25, -0.2) is 0 Å². The third-order valence-electron chi connectivity index (χ3n) is 2.63. The molecule has 0 unspecified atom stereocenters. The first-order valence-corrected chi connectivity index (χ1v) is 6.03. The average molecular weight is 259 g/mol. The summed E-state index contributed by atoms with van der Waals surface area (Å²) in [4.78, 5) is 19.0. The minimum atomic E-state index is -0.183. The number of H-pyrrole nitrogens is 1. The van der Waals surface area contributed by atoms with Gasteiger partial charge in [-0.05, 0) is 19.9 Å². The molecule has 2 aromatic rings. The van der Waals surface area contributed by atoms with Crippen LogP contribution >= 0.6 is 0 Å². The number of fused-ring (bicyclic) bond motifs is 1. The Morgan fingerprint density at radius 2 is 2.32 bits per heavy atom.